The molecule has 0 bridgehead atoms. The van der Waals surface area contributed by atoms with E-state index in [0.29, 0.717) is 0 Å². The molecule has 0 fully saturated rings. The van der Waals surface area contributed by atoms with Gasteiger partial charge in [-0.3, -0.25) is 0 Å². The average molecular weight is 514 g/mol. The van der Waals surface area contributed by atoms with Crippen LogP contribution < -0.4 is 0 Å². The molecule has 4 aromatic carbocycles. The number of halogens is 2. The molecule has 0 N–H and O–H groups in total. The lowest BCUT2D eigenvalue weighted by Gasteiger charge is -2.43. The minimum atomic E-state index is -2.73. The lowest BCUT2D eigenvalue weighted by molar-refractivity contribution is 1.58. The van der Waals surface area contributed by atoms with Gasteiger partial charge in [0.1, 0.15) is 0 Å². The van der Waals surface area contributed by atoms with Crippen molar-refractivity contribution in [2.24, 2.45) is 0 Å². The van der Waals surface area contributed by atoms with Gasteiger partial charge in [0.15, 0.2) is 0 Å². The van der Waals surface area contributed by atoms with Crippen molar-refractivity contribution in [2.45, 2.75) is 13.1 Å². The van der Waals surface area contributed by atoms with Crippen molar-refractivity contribution in [3.63, 3.8) is 0 Å². The number of hydrogen-bond donors (Lipinski definition) is 0. The lowest BCUT2D eigenvalue weighted by Crippen LogP contribution is -2.43. The molecule has 0 radical (unpaired) electrons. The number of hydrogen-bond acceptors (Lipinski definition) is 0. The second kappa shape index (κ2) is 9.20. The van der Waals surface area contributed by atoms with Gasteiger partial charge < -0.3 is 0 Å². The Kier molecular flexibility index (Phi) is 6.26. The summed E-state index contributed by atoms with van der Waals surface area (Å²) in [6.45, 7) is 4.54. The number of rotatable bonds is 4. The van der Waals surface area contributed by atoms with E-state index in [4.69, 9.17) is 22.2 Å². The van der Waals surface area contributed by atoms with Crippen molar-refractivity contribution < 1.29 is 0 Å². The predicted octanol–water partition coefficient (Wildman–Crippen LogP) is 9.01. The Bertz CT molecular complexity index is 1150. The van der Waals surface area contributed by atoms with Gasteiger partial charge in [-0.05, 0) is 56.1 Å². The van der Waals surface area contributed by atoms with Gasteiger partial charge in [-0.2, -0.15) is 22.2 Å². The Morgan fingerprint density at radius 2 is 0.529 bits per heavy atom. The van der Waals surface area contributed by atoms with E-state index in [1.54, 1.807) is 0 Å². The zero-order valence-corrected chi connectivity index (χ0v) is 22.8. The van der Waals surface area contributed by atoms with Crippen LogP contribution in [0, 0.1) is 0 Å². The summed E-state index contributed by atoms with van der Waals surface area (Å²) in [5.74, 6) is 0. The summed E-state index contributed by atoms with van der Waals surface area (Å²) in [6.07, 6.45) is 0. The zero-order valence-electron chi connectivity index (χ0n) is 19.3. The Morgan fingerprint density at radius 3 is 0.706 bits per heavy atom. The highest BCUT2D eigenvalue weighted by Crippen LogP contribution is 2.57. The highest BCUT2D eigenvalue weighted by atomic mass is 35.6. The molecule has 0 saturated carbocycles. The topological polar surface area (TPSA) is 0 Å². The standard InChI is InChI=1S/C30H26Cl2Si2/c1-33(31)27(23-15-7-3-8-16-23)29(25-19-11-5-12-20-25)34(2,32)30(26-21-13-6-14-22-26)28(33)24-17-9-4-10-18-24/h3-22H,1-2H3. The quantitative estimate of drug-likeness (QED) is 0.189. The average Bonchev–Trinajstić information content (AvgIpc) is 2.86. The van der Waals surface area contributed by atoms with Crippen molar-refractivity contribution in [3.05, 3.63) is 144 Å². The normalized spacial score (nSPS) is 22.7. The molecule has 4 aromatic rings. The molecule has 0 saturated heterocycles. The van der Waals surface area contributed by atoms with Crippen molar-refractivity contribution in [2.75, 3.05) is 0 Å². The molecule has 34 heavy (non-hydrogen) atoms. The summed E-state index contributed by atoms with van der Waals surface area (Å²) >= 11 is 15.8. The fourth-order valence-electron chi connectivity index (χ4n) is 5.27. The highest BCUT2D eigenvalue weighted by molar-refractivity contribution is 7.49. The maximum atomic E-state index is 7.88. The van der Waals surface area contributed by atoms with Crippen LogP contribution in [0.3, 0.4) is 0 Å². The third kappa shape index (κ3) is 3.95. The van der Waals surface area contributed by atoms with Gasteiger partial charge in [0, 0.05) is 0 Å². The third-order valence-electron chi connectivity index (χ3n) is 6.63. The second-order valence-corrected chi connectivity index (χ2v) is 19.5. The van der Waals surface area contributed by atoms with Crippen LogP contribution in [-0.4, -0.2) is 14.8 Å². The summed E-state index contributed by atoms with van der Waals surface area (Å²) in [5.41, 5.74) is 4.69. The molecule has 0 nitrogen and oxygen atoms in total. The summed E-state index contributed by atoms with van der Waals surface area (Å²) in [4.78, 5) is 0. The molecule has 1 heterocycles. The first-order valence-corrected chi connectivity index (χ1v) is 18.5. The van der Waals surface area contributed by atoms with E-state index in [0.717, 1.165) is 0 Å². The molecule has 0 aromatic heterocycles. The van der Waals surface area contributed by atoms with E-state index < -0.39 is 14.8 Å². The van der Waals surface area contributed by atoms with Crippen LogP contribution in [0.1, 0.15) is 22.3 Å². The zero-order chi connectivity index (χ0) is 23.8. The lowest BCUT2D eigenvalue weighted by atomic mass is 10.1. The van der Waals surface area contributed by atoms with Gasteiger partial charge in [-0.25, -0.2) is 0 Å². The van der Waals surface area contributed by atoms with Gasteiger partial charge >= 0.3 is 0 Å². The summed E-state index contributed by atoms with van der Waals surface area (Å²) in [7, 11) is -5.46. The molecule has 0 atom stereocenters. The first-order chi connectivity index (χ1) is 16.4. The molecule has 0 spiro atoms. The molecule has 0 amide bonds. The van der Waals surface area contributed by atoms with Gasteiger partial charge in [-0.15, -0.1) is 0 Å². The Balaban J connectivity index is 1.94. The monoisotopic (exact) mass is 512 g/mol. The van der Waals surface area contributed by atoms with Crippen molar-refractivity contribution >= 4 is 57.7 Å². The van der Waals surface area contributed by atoms with Crippen LogP contribution in [0.4, 0.5) is 0 Å². The fraction of sp³-hybridized carbons (Fsp3) is 0.0667. The van der Waals surface area contributed by atoms with Crippen molar-refractivity contribution in [1.29, 1.82) is 0 Å². The van der Waals surface area contributed by atoms with Crippen LogP contribution in [0.5, 0.6) is 0 Å². The van der Waals surface area contributed by atoms with Gasteiger partial charge in [0.2, 0.25) is 14.8 Å². The van der Waals surface area contributed by atoms with Crippen LogP contribution in [0.25, 0.3) is 20.8 Å². The second-order valence-electron chi connectivity index (χ2n) is 8.97. The third-order valence-corrected chi connectivity index (χ3v) is 15.3. The van der Waals surface area contributed by atoms with Crippen LogP contribution >= 0.6 is 22.2 Å². The molecular formula is C30H26Cl2Si2. The van der Waals surface area contributed by atoms with Gasteiger partial charge in [0.05, 0.1) is 0 Å². The molecule has 5 rings (SSSR count). The highest BCUT2D eigenvalue weighted by Gasteiger charge is 2.52. The minimum absolute atomic E-state index is 1.17. The van der Waals surface area contributed by atoms with E-state index >= 15 is 0 Å². The first-order valence-electron chi connectivity index (χ1n) is 11.5. The number of benzene rings is 4. The first kappa shape index (κ1) is 23.1. The molecule has 0 unspecified atom stereocenters. The van der Waals surface area contributed by atoms with E-state index in [1.165, 1.54) is 43.0 Å². The van der Waals surface area contributed by atoms with E-state index in [9.17, 15) is 0 Å². The molecule has 0 aliphatic carbocycles. The smallest absolute Gasteiger partial charge is 0.155 e. The van der Waals surface area contributed by atoms with Gasteiger partial charge in [-0.1, -0.05) is 121 Å². The van der Waals surface area contributed by atoms with Crippen molar-refractivity contribution in [1.82, 2.24) is 0 Å². The minimum Gasteiger partial charge on any atom is -0.155 e. The SMILES string of the molecule is C[Si]1(Cl)C(c2ccccc2)=C(c2ccccc2)[Si](C)(Cl)C(c2ccccc2)=C1c1ccccc1. The molecule has 4 heteroatoms. The summed E-state index contributed by atoms with van der Waals surface area (Å²) in [6, 6.07) is 42.5. The summed E-state index contributed by atoms with van der Waals surface area (Å²) < 4.78 is 0. The van der Waals surface area contributed by atoms with Crippen molar-refractivity contribution in [3.8, 4) is 0 Å². The van der Waals surface area contributed by atoms with Crippen LogP contribution in [-0.2, 0) is 0 Å². The molecule has 168 valence electrons. The predicted molar refractivity (Wildman–Crippen MR) is 154 cm³/mol. The molecule has 1 aliphatic heterocycles. The maximum Gasteiger partial charge on any atom is 0.215 e. The Labute approximate surface area is 213 Å². The van der Waals surface area contributed by atoms with E-state index in [2.05, 4.69) is 134 Å². The largest absolute Gasteiger partial charge is 0.215 e. The maximum absolute atomic E-state index is 7.88. The van der Waals surface area contributed by atoms with Crippen LogP contribution in [0.2, 0.25) is 13.1 Å². The molecular weight excluding hydrogens is 487 g/mol. The fourth-order valence-corrected chi connectivity index (χ4v) is 17.5. The van der Waals surface area contributed by atoms with E-state index in [1.807, 2.05) is 0 Å². The molecule has 1 aliphatic rings. The van der Waals surface area contributed by atoms with Gasteiger partial charge in [0.25, 0.3) is 0 Å². The van der Waals surface area contributed by atoms with E-state index in [-0.39, 0.29) is 0 Å². The summed E-state index contributed by atoms with van der Waals surface area (Å²) in [5, 5.41) is 4.96. The van der Waals surface area contributed by atoms with Crippen LogP contribution in [0.15, 0.2) is 121 Å². The Morgan fingerprint density at radius 1 is 0.353 bits per heavy atom. The Hall–Kier alpha value is -2.63.